The molecule has 0 aromatic heterocycles. The van der Waals surface area contributed by atoms with E-state index >= 15 is 0 Å². The van der Waals surface area contributed by atoms with Crippen LogP contribution in [0.4, 0.5) is 5.69 Å². The first-order valence-corrected chi connectivity index (χ1v) is 12.5. The zero-order valence-electron chi connectivity index (χ0n) is 21.7. The van der Waals surface area contributed by atoms with Gasteiger partial charge in [0.1, 0.15) is 17.3 Å². The average Bonchev–Trinajstić information content (AvgIpc) is 3.47. The van der Waals surface area contributed by atoms with Crippen molar-refractivity contribution in [3.8, 4) is 23.0 Å². The number of benzene rings is 3. The highest BCUT2D eigenvalue weighted by Gasteiger charge is 2.47. The molecule has 5 rings (SSSR count). The number of carbonyl (C=O) groups excluding carboxylic acids is 2. The van der Waals surface area contributed by atoms with Gasteiger partial charge < -0.3 is 24.1 Å². The Labute approximate surface area is 221 Å². The van der Waals surface area contributed by atoms with Gasteiger partial charge in [-0.15, -0.1) is 0 Å². The summed E-state index contributed by atoms with van der Waals surface area (Å²) < 4.78 is 22.4. The van der Waals surface area contributed by atoms with Gasteiger partial charge in [0.05, 0.1) is 24.3 Å². The number of nitrogens with zero attached hydrogens (tertiary/aromatic N) is 1. The lowest BCUT2D eigenvalue weighted by Crippen LogP contribution is -2.29. The Kier molecular flexibility index (Phi) is 6.72. The summed E-state index contributed by atoms with van der Waals surface area (Å²) in [5, 5.41) is 11.5. The molecule has 1 unspecified atom stereocenters. The van der Waals surface area contributed by atoms with Gasteiger partial charge in [-0.2, -0.15) is 0 Å². The maximum absolute atomic E-state index is 13.5. The second-order valence-electron chi connectivity index (χ2n) is 9.36. The lowest BCUT2D eigenvalue weighted by Gasteiger charge is -2.26. The maximum Gasteiger partial charge on any atom is 0.300 e. The number of amides is 1. The van der Waals surface area contributed by atoms with E-state index in [2.05, 4.69) is 0 Å². The van der Waals surface area contributed by atoms with Crippen LogP contribution >= 0.6 is 0 Å². The number of carbonyl (C=O) groups is 2. The van der Waals surface area contributed by atoms with Crippen molar-refractivity contribution in [1.29, 1.82) is 0 Å². The van der Waals surface area contributed by atoms with E-state index in [0.29, 0.717) is 46.4 Å². The summed E-state index contributed by atoms with van der Waals surface area (Å²) in [5.41, 5.74) is 2.25. The van der Waals surface area contributed by atoms with Gasteiger partial charge in [-0.1, -0.05) is 12.1 Å². The van der Waals surface area contributed by atoms with Gasteiger partial charge in [-0.05, 0) is 81.3 Å². The molecular formula is C30H29NO7. The van der Waals surface area contributed by atoms with E-state index in [1.165, 1.54) is 4.90 Å². The van der Waals surface area contributed by atoms with Crippen molar-refractivity contribution in [3.05, 3.63) is 82.9 Å². The number of ketones is 1. The zero-order chi connectivity index (χ0) is 27.0. The van der Waals surface area contributed by atoms with Gasteiger partial charge >= 0.3 is 0 Å². The van der Waals surface area contributed by atoms with Crippen LogP contribution in [0.1, 0.15) is 43.5 Å². The Bertz CT molecular complexity index is 1440. The van der Waals surface area contributed by atoms with Gasteiger partial charge in [0.2, 0.25) is 6.79 Å². The first-order chi connectivity index (χ1) is 18.3. The Morgan fingerprint density at radius 2 is 1.84 bits per heavy atom. The van der Waals surface area contributed by atoms with Crippen LogP contribution in [0.15, 0.2) is 66.2 Å². The lowest BCUT2D eigenvalue weighted by atomic mass is 9.94. The number of aliphatic hydroxyl groups excluding tert-OH is 1. The van der Waals surface area contributed by atoms with Gasteiger partial charge in [-0.25, -0.2) is 0 Å². The third-order valence-electron chi connectivity index (χ3n) is 6.37. The number of aliphatic hydroxyl groups is 1. The summed E-state index contributed by atoms with van der Waals surface area (Å²) in [5.74, 6) is 0.492. The van der Waals surface area contributed by atoms with E-state index in [1.807, 2.05) is 27.7 Å². The fourth-order valence-electron chi connectivity index (χ4n) is 4.73. The van der Waals surface area contributed by atoms with Crippen LogP contribution < -0.4 is 23.8 Å². The second-order valence-corrected chi connectivity index (χ2v) is 9.36. The molecule has 3 aromatic rings. The fourth-order valence-corrected chi connectivity index (χ4v) is 4.73. The van der Waals surface area contributed by atoms with Gasteiger partial charge in [0.15, 0.2) is 11.5 Å². The van der Waals surface area contributed by atoms with E-state index in [4.69, 9.17) is 18.9 Å². The summed E-state index contributed by atoms with van der Waals surface area (Å²) in [6.07, 6.45) is -0.0159. The minimum absolute atomic E-state index is 0.0155. The minimum atomic E-state index is -0.900. The predicted octanol–water partition coefficient (Wildman–Crippen LogP) is 5.54. The summed E-state index contributed by atoms with van der Waals surface area (Å²) in [7, 11) is 0. The van der Waals surface area contributed by atoms with Gasteiger partial charge in [-0.3, -0.25) is 14.5 Å². The molecular weight excluding hydrogens is 486 g/mol. The number of hydrogen-bond donors (Lipinski definition) is 1. The Morgan fingerprint density at radius 3 is 2.58 bits per heavy atom. The molecule has 0 bridgehead atoms. The van der Waals surface area contributed by atoms with E-state index in [1.54, 1.807) is 60.7 Å². The van der Waals surface area contributed by atoms with Crippen molar-refractivity contribution in [3.63, 3.8) is 0 Å². The molecule has 2 heterocycles. The molecule has 3 aromatic carbocycles. The Balaban J connectivity index is 1.67. The highest BCUT2D eigenvalue weighted by Crippen LogP contribution is 2.45. The van der Waals surface area contributed by atoms with Crippen LogP contribution in [-0.2, 0) is 9.59 Å². The monoisotopic (exact) mass is 515 g/mol. The molecule has 2 aliphatic rings. The molecule has 1 fully saturated rings. The first kappa shape index (κ1) is 25.2. The third-order valence-corrected chi connectivity index (χ3v) is 6.37. The quantitative estimate of drug-likeness (QED) is 0.251. The average molecular weight is 516 g/mol. The van der Waals surface area contributed by atoms with Crippen LogP contribution in [0.3, 0.4) is 0 Å². The fraction of sp³-hybridized carbons (Fsp3) is 0.267. The number of ether oxygens (including phenoxy) is 4. The number of anilines is 1. The first-order valence-electron chi connectivity index (χ1n) is 12.5. The molecule has 1 amide bonds. The summed E-state index contributed by atoms with van der Waals surface area (Å²) in [6.45, 7) is 8.13. The van der Waals surface area contributed by atoms with Crippen LogP contribution in [0.25, 0.3) is 5.76 Å². The minimum Gasteiger partial charge on any atom is -0.507 e. The van der Waals surface area contributed by atoms with Crippen molar-refractivity contribution in [1.82, 2.24) is 0 Å². The Morgan fingerprint density at radius 1 is 1.05 bits per heavy atom. The van der Waals surface area contributed by atoms with Crippen LogP contribution in [0.2, 0.25) is 0 Å². The molecule has 1 saturated heterocycles. The largest absolute Gasteiger partial charge is 0.507 e. The highest BCUT2D eigenvalue weighted by atomic mass is 16.7. The van der Waals surface area contributed by atoms with Crippen LogP contribution in [0.5, 0.6) is 23.0 Å². The molecule has 0 aliphatic carbocycles. The second kappa shape index (κ2) is 10.1. The standard InChI is InChI=1S/C30H29NO7/c1-5-35-22-8-6-7-19(14-22)27-26(28(32)20-9-11-23(18(4)13-20)38-17(2)3)29(33)30(34)31(27)21-10-12-24-25(15-21)37-16-36-24/h6-15,17,27,32H,5,16H2,1-4H3/b28-26+. The summed E-state index contributed by atoms with van der Waals surface area (Å²) in [6, 6.07) is 16.5. The number of rotatable bonds is 7. The molecule has 1 atom stereocenters. The molecule has 0 spiro atoms. The molecule has 0 saturated carbocycles. The molecule has 196 valence electrons. The topological polar surface area (TPSA) is 94.5 Å². The van der Waals surface area contributed by atoms with E-state index in [0.717, 1.165) is 5.56 Å². The van der Waals surface area contributed by atoms with Crippen molar-refractivity contribution >= 4 is 23.1 Å². The molecule has 8 nitrogen and oxygen atoms in total. The number of Topliss-reactive ketones (excluding diaryl/α,β-unsaturated/α-hetero) is 1. The predicted molar refractivity (Wildman–Crippen MR) is 142 cm³/mol. The number of hydrogen-bond acceptors (Lipinski definition) is 7. The molecule has 1 N–H and O–H groups in total. The molecule has 0 radical (unpaired) electrons. The smallest absolute Gasteiger partial charge is 0.300 e. The maximum atomic E-state index is 13.5. The van der Waals surface area contributed by atoms with E-state index < -0.39 is 17.7 Å². The van der Waals surface area contributed by atoms with Crippen molar-refractivity contribution in [2.24, 2.45) is 0 Å². The van der Waals surface area contributed by atoms with Crippen LogP contribution in [-0.4, -0.2) is 36.3 Å². The number of aryl methyl sites for hydroxylation is 1. The van der Waals surface area contributed by atoms with E-state index in [-0.39, 0.29) is 24.2 Å². The van der Waals surface area contributed by atoms with Crippen molar-refractivity contribution in [2.75, 3.05) is 18.3 Å². The highest BCUT2D eigenvalue weighted by molar-refractivity contribution is 6.51. The van der Waals surface area contributed by atoms with Crippen molar-refractivity contribution < 1.29 is 33.6 Å². The lowest BCUT2D eigenvalue weighted by molar-refractivity contribution is -0.132. The normalized spacial score (nSPS) is 17.8. The van der Waals surface area contributed by atoms with Crippen molar-refractivity contribution in [2.45, 2.75) is 39.8 Å². The zero-order valence-corrected chi connectivity index (χ0v) is 21.7. The summed E-state index contributed by atoms with van der Waals surface area (Å²) in [4.78, 5) is 28.4. The van der Waals surface area contributed by atoms with E-state index in [9.17, 15) is 14.7 Å². The number of fused-ring (bicyclic) bond motifs is 1. The third kappa shape index (κ3) is 4.53. The molecule has 2 aliphatic heterocycles. The molecule has 8 heteroatoms. The summed E-state index contributed by atoms with van der Waals surface area (Å²) >= 11 is 0. The van der Waals surface area contributed by atoms with Gasteiger partial charge in [0, 0.05) is 17.3 Å². The van der Waals surface area contributed by atoms with Gasteiger partial charge in [0.25, 0.3) is 11.7 Å². The Hall–Kier alpha value is -4.46. The SMILES string of the molecule is CCOc1cccc(C2/C(=C(\O)c3ccc(OC(C)C)c(C)c3)C(=O)C(=O)N2c2ccc3c(c2)OCO3)c1. The molecule has 38 heavy (non-hydrogen) atoms. The van der Waals surface area contributed by atoms with Crippen LogP contribution in [0, 0.1) is 6.92 Å².